The van der Waals surface area contributed by atoms with E-state index in [4.69, 9.17) is 9.73 Å². The average Bonchev–Trinajstić information content (AvgIpc) is 3.16. The van der Waals surface area contributed by atoms with Crippen LogP contribution in [-0.2, 0) is 4.74 Å². The number of likely N-dealkylation sites (tertiary alicyclic amines) is 1. The molecule has 0 radical (unpaired) electrons. The first-order valence-electron chi connectivity index (χ1n) is 9.52. The number of rotatable bonds is 6. The fourth-order valence-electron chi connectivity index (χ4n) is 4.00. The fraction of sp³-hybridized carbons (Fsp3) is 0.944. The molecule has 0 aromatic carbocycles. The molecule has 0 aromatic rings. The van der Waals surface area contributed by atoms with Gasteiger partial charge in [0.25, 0.3) is 0 Å². The standard InChI is InChI=1S/C18H34N4O/c1-3-19-17(20-12-18(2)13-23-14-18)21-16-8-9-22(11-16)10-15-6-4-5-7-15/h15-16H,3-14H2,1-2H3,(H2,19,20,21). The molecule has 2 aliphatic heterocycles. The summed E-state index contributed by atoms with van der Waals surface area (Å²) in [5.74, 6) is 1.93. The van der Waals surface area contributed by atoms with Crippen LogP contribution in [0.15, 0.2) is 4.99 Å². The smallest absolute Gasteiger partial charge is 0.191 e. The van der Waals surface area contributed by atoms with Crippen molar-refractivity contribution in [3.63, 3.8) is 0 Å². The first-order chi connectivity index (χ1) is 11.2. The summed E-state index contributed by atoms with van der Waals surface area (Å²) in [4.78, 5) is 7.45. The first-order valence-corrected chi connectivity index (χ1v) is 9.52. The zero-order valence-corrected chi connectivity index (χ0v) is 14.9. The first kappa shape index (κ1) is 17.0. The van der Waals surface area contributed by atoms with Gasteiger partial charge in [0.05, 0.1) is 19.8 Å². The van der Waals surface area contributed by atoms with Crippen molar-refractivity contribution in [2.75, 3.05) is 45.9 Å². The average molecular weight is 322 g/mol. The molecular weight excluding hydrogens is 288 g/mol. The van der Waals surface area contributed by atoms with Gasteiger partial charge < -0.3 is 20.3 Å². The highest BCUT2D eigenvalue weighted by atomic mass is 16.5. The molecule has 5 nitrogen and oxygen atoms in total. The van der Waals surface area contributed by atoms with Crippen molar-refractivity contribution in [1.82, 2.24) is 15.5 Å². The zero-order chi connectivity index (χ0) is 16.1. The maximum Gasteiger partial charge on any atom is 0.191 e. The molecule has 2 saturated heterocycles. The lowest BCUT2D eigenvalue weighted by Crippen LogP contribution is -2.47. The largest absolute Gasteiger partial charge is 0.380 e. The summed E-state index contributed by atoms with van der Waals surface area (Å²) in [7, 11) is 0. The maximum atomic E-state index is 5.32. The van der Waals surface area contributed by atoms with Crippen LogP contribution >= 0.6 is 0 Å². The number of nitrogens with zero attached hydrogens (tertiary/aromatic N) is 2. The Morgan fingerprint density at radius 2 is 2.04 bits per heavy atom. The predicted molar refractivity (Wildman–Crippen MR) is 94.8 cm³/mol. The van der Waals surface area contributed by atoms with Gasteiger partial charge >= 0.3 is 0 Å². The molecular formula is C18H34N4O. The Bertz CT molecular complexity index is 402. The number of guanidine groups is 1. The second-order valence-corrected chi connectivity index (χ2v) is 8.04. The minimum atomic E-state index is 0.243. The van der Waals surface area contributed by atoms with E-state index in [1.807, 2.05) is 0 Å². The Hall–Kier alpha value is -0.810. The third-order valence-electron chi connectivity index (χ3n) is 5.47. The van der Waals surface area contributed by atoms with Crippen molar-refractivity contribution in [3.05, 3.63) is 0 Å². The van der Waals surface area contributed by atoms with E-state index in [9.17, 15) is 0 Å². The van der Waals surface area contributed by atoms with Crippen LogP contribution in [0.4, 0.5) is 0 Å². The highest BCUT2D eigenvalue weighted by Gasteiger charge is 2.33. The summed E-state index contributed by atoms with van der Waals surface area (Å²) in [6.45, 7) is 11.5. The molecule has 132 valence electrons. The highest BCUT2D eigenvalue weighted by molar-refractivity contribution is 5.80. The van der Waals surface area contributed by atoms with Gasteiger partial charge in [0.15, 0.2) is 5.96 Å². The minimum Gasteiger partial charge on any atom is -0.380 e. The Balaban J connectivity index is 1.44. The quantitative estimate of drug-likeness (QED) is 0.579. The van der Waals surface area contributed by atoms with Crippen LogP contribution in [0.1, 0.15) is 46.0 Å². The number of ether oxygens (including phenoxy) is 1. The number of aliphatic imine (C=N–C) groups is 1. The second kappa shape index (κ2) is 7.84. The summed E-state index contributed by atoms with van der Waals surface area (Å²) in [5.41, 5.74) is 0.243. The van der Waals surface area contributed by atoms with Gasteiger partial charge in [-0.05, 0) is 32.1 Å². The molecule has 0 aromatic heterocycles. The Morgan fingerprint density at radius 3 is 2.70 bits per heavy atom. The van der Waals surface area contributed by atoms with E-state index in [2.05, 4.69) is 29.4 Å². The summed E-state index contributed by atoms with van der Waals surface area (Å²) >= 11 is 0. The van der Waals surface area contributed by atoms with E-state index < -0.39 is 0 Å². The van der Waals surface area contributed by atoms with Crippen molar-refractivity contribution in [1.29, 1.82) is 0 Å². The number of nitrogens with one attached hydrogen (secondary N) is 2. The van der Waals surface area contributed by atoms with Crippen LogP contribution in [0.3, 0.4) is 0 Å². The summed E-state index contributed by atoms with van der Waals surface area (Å²) in [6.07, 6.45) is 7.01. The summed E-state index contributed by atoms with van der Waals surface area (Å²) in [5, 5.41) is 7.05. The lowest BCUT2D eigenvalue weighted by Gasteiger charge is -2.36. The third kappa shape index (κ3) is 4.83. The van der Waals surface area contributed by atoms with Gasteiger partial charge in [0.1, 0.15) is 0 Å². The minimum absolute atomic E-state index is 0.243. The molecule has 3 fully saturated rings. The van der Waals surface area contributed by atoms with Gasteiger partial charge in [-0.1, -0.05) is 19.8 Å². The zero-order valence-electron chi connectivity index (χ0n) is 14.9. The van der Waals surface area contributed by atoms with Gasteiger partial charge in [-0.15, -0.1) is 0 Å². The molecule has 1 aliphatic carbocycles. The molecule has 0 amide bonds. The van der Waals surface area contributed by atoms with Crippen molar-refractivity contribution < 1.29 is 4.74 Å². The molecule has 5 heteroatoms. The van der Waals surface area contributed by atoms with Crippen molar-refractivity contribution in [3.8, 4) is 0 Å². The van der Waals surface area contributed by atoms with Crippen LogP contribution in [-0.4, -0.2) is 62.8 Å². The van der Waals surface area contributed by atoms with Crippen LogP contribution in [0.25, 0.3) is 0 Å². The second-order valence-electron chi connectivity index (χ2n) is 8.04. The molecule has 23 heavy (non-hydrogen) atoms. The molecule has 0 bridgehead atoms. The molecule has 1 unspecified atom stereocenters. The van der Waals surface area contributed by atoms with Gasteiger partial charge in [-0.2, -0.15) is 0 Å². The van der Waals surface area contributed by atoms with E-state index in [1.54, 1.807) is 0 Å². The van der Waals surface area contributed by atoms with Crippen LogP contribution < -0.4 is 10.6 Å². The Kier molecular flexibility index (Phi) is 5.81. The van der Waals surface area contributed by atoms with Crippen LogP contribution in [0, 0.1) is 11.3 Å². The summed E-state index contributed by atoms with van der Waals surface area (Å²) in [6, 6.07) is 0.541. The maximum absolute atomic E-state index is 5.32. The normalized spacial score (nSPS) is 28.8. The van der Waals surface area contributed by atoms with E-state index in [0.29, 0.717) is 6.04 Å². The summed E-state index contributed by atoms with van der Waals surface area (Å²) < 4.78 is 5.32. The Morgan fingerprint density at radius 1 is 1.26 bits per heavy atom. The lowest BCUT2D eigenvalue weighted by molar-refractivity contribution is -0.0945. The monoisotopic (exact) mass is 322 g/mol. The number of hydrogen-bond acceptors (Lipinski definition) is 3. The van der Waals surface area contributed by atoms with E-state index in [-0.39, 0.29) is 5.41 Å². The van der Waals surface area contributed by atoms with E-state index >= 15 is 0 Å². The van der Waals surface area contributed by atoms with Crippen LogP contribution in [0.5, 0.6) is 0 Å². The van der Waals surface area contributed by atoms with Crippen molar-refractivity contribution >= 4 is 5.96 Å². The van der Waals surface area contributed by atoms with Crippen molar-refractivity contribution in [2.24, 2.45) is 16.3 Å². The topological polar surface area (TPSA) is 48.9 Å². The molecule has 1 atom stereocenters. The molecule has 0 spiro atoms. The lowest BCUT2D eigenvalue weighted by atomic mass is 9.89. The highest BCUT2D eigenvalue weighted by Crippen LogP contribution is 2.27. The van der Waals surface area contributed by atoms with Gasteiger partial charge in [-0.25, -0.2) is 0 Å². The van der Waals surface area contributed by atoms with Crippen LogP contribution in [0.2, 0.25) is 0 Å². The third-order valence-corrected chi connectivity index (χ3v) is 5.47. The van der Waals surface area contributed by atoms with Gasteiger partial charge in [0.2, 0.25) is 0 Å². The van der Waals surface area contributed by atoms with E-state index in [0.717, 1.165) is 38.2 Å². The predicted octanol–water partition coefficient (Wildman–Crippen LogP) is 1.84. The molecule has 1 saturated carbocycles. The SMILES string of the molecule is CCNC(=NCC1(C)COC1)NC1CCN(CC2CCCC2)C1. The fourth-order valence-corrected chi connectivity index (χ4v) is 4.00. The van der Waals surface area contributed by atoms with Crippen molar-refractivity contribution in [2.45, 2.75) is 52.0 Å². The molecule has 2 heterocycles. The Labute approximate surface area is 141 Å². The van der Waals surface area contributed by atoms with Gasteiger partial charge in [0, 0.05) is 37.6 Å². The van der Waals surface area contributed by atoms with E-state index in [1.165, 1.54) is 51.7 Å². The number of hydrogen-bond donors (Lipinski definition) is 2. The molecule has 2 N–H and O–H groups in total. The molecule has 3 rings (SSSR count). The molecule has 3 aliphatic rings. The van der Waals surface area contributed by atoms with Gasteiger partial charge in [-0.3, -0.25) is 4.99 Å².